The average Bonchev–Trinajstić information content (AvgIpc) is 2.29. The zero-order chi connectivity index (χ0) is 10.7. The Kier molecular flexibility index (Phi) is 2.74. The van der Waals surface area contributed by atoms with E-state index in [4.69, 9.17) is 5.73 Å². The molecule has 0 aliphatic carbocycles. The van der Waals surface area contributed by atoms with Crippen molar-refractivity contribution in [2.45, 2.75) is 13.5 Å². The zero-order valence-corrected chi connectivity index (χ0v) is 8.64. The van der Waals surface area contributed by atoms with Crippen molar-refractivity contribution in [3.8, 4) is 11.3 Å². The molecule has 3 heteroatoms. The summed E-state index contributed by atoms with van der Waals surface area (Å²) in [7, 11) is 0. The second-order valence-electron chi connectivity index (χ2n) is 3.45. The van der Waals surface area contributed by atoms with Crippen molar-refractivity contribution in [1.29, 1.82) is 0 Å². The number of nitrogens with zero attached hydrogens (tertiary/aromatic N) is 2. The van der Waals surface area contributed by atoms with E-state index in [0.717, 1.165) is 22.5 Å². The summed E-state index contributed by atoms with van der Waals surface area (Å²) in [6, 6.07) is 7.90. The molecule has 2 aromatic rings. The third-order valence-electron chi connectivity index (χ3n) is 2.21. The van der Waals surface area contributed by atoms with Crippen LogP contribution in [-0.2, 0) is 6.54 Å². The van der Waals surface area contributed by atoms with Crippen LogP contribution in [0, 0.1) is 6.92 Å². The van der Waals surface area contributed by atoms with E-state index in [-0.39, 0.29) is 0 Å². The largest absolute Gasteiger partial charge is 0.326 e. The van der Waals surface area contributed by atoms with E-state index in [1.165, 1.54) is 0 Å². The molecule has 0 aromatic carbocycles. The van der Waals surface area contributed by atoms with Gasteiger partial charge in [0.25, 0.3) is 0 Å². The molecule has 0 bridgehead atoms. The van der Waals surface area contributed by atoms with Gasteiger partial charge < -0.3 is 5.73 Å². The zero-order valence-electron chi connectivity index (χ0n) is 8.64. The summed E-state index contributed by atoms with van der Waals surface area (Å²) in [5.74, 6) is 0. The molecule has 76 valence electrons. The average molecular weight is 199 g/mol. The molecule has 0 fully saturated rings. The Morgan fingerprint density at radius 2 is 2.20 bits per heavy atom. The number of rotatable bonds is 2. The summed E-state index contributed by atoms with van der Waals surface area (Å²) in [6.45, 7) is 2.51. The molecule has 15 heavy (non-hydrogen) atoms. The van der Waals surface area contributed by atoms with E-state index in [0.29, 0.717) is 6.54 Å². The second kappa shape index (κ2) is 4.19. The number of hydrogen-bond donors (Lipinski definition) is 1. The molecule has 0 aliphatic rings. The van der Waals surface area contributed by atoms with Crippen LogP contribution < -0.4 is 5.73 Å². The van der Waals surface area contributed by atoms with Crippen molar-refractivity contribution >= 4 is 0 Å². The van der Waals surface area contributed by atoms with Crippen molar-refractivity contribution in [2.75, 3.05) is 0 Å². The van der Waals surface area contributed by atoms with Gasteiger partial charge in [-0.25, -0.2) is 0 Å². The van der Waals surface area contributed by atoms with Gasteiger partial charge in [-0.05, 0) is 36.8 Å². The van der Waals surface area contributed by atoms with Crippen LogP contribution in [0.5, 0.6) is 0 Å². The molecule has 2 rings (SSSR count). The third kappa shape index (κ3) is 2.19. The number of aromatic nitrogens is 2. The first-order chi connectivity index (χ1) is 7.29. The van der Waals surface area contributed by atoms with Gasteiger partial charge in [-0.3, -0.25) is 9.97 Å². The van der Waals surface area contributed by atoms with Gasteiger partial charge in [0.15, 0.2) is 0 Å². The van der Waals surface area contributed by atoms with Gasteiger partial charge in [-0.2, -0.15) is 0 Å². The fourth-order valence-electron chi connectivity index (χ4n) is 1.52. The molecule has 0 aliphatic heterocycles. The van der Waals surface area contributed by atoms with Gasteiger partial charge in [0, 0.05) is 30.2 Å². The van der Waals surface area contributed by atoms with Gasteiger partial charge in [-0.15, -0.1) is 0 Å². The van der Waals surface area contributed by atoms with Gasteiger partial charge in [0.1, 0.15) is 0 Å². The van der Waals surface area contributed by atoms with Crippen LogP contribution in [0.2, 0.25) is 0 Å². The molecule has 3 nitrogen and oxygen atoms in total. The fraction of sp³-hybridized carbons (Fsp3) is 0.167. The minimum absolute atomic E-state index is 0.538. The summed E-state index contributed by atoms with van der Waals surface area (Å²) >= 11 is 0. The van der Waals surface area contributed by atoms with Crippen LogP contribution >= 0.6 is 0 Å². The van der Waals surface area contributed by atoms with Crippen molar-refractivity contribution in [3.63, 3.8) is 0 Å². The van der Waals surface area contributed by atoms with Crippen LogP contribution in [-0.4, -0.2) is 9.97 Å². The lowest BCUT2D eigenvalue weighted by Crippen LogP contribution is -1.99. The lowest BCUT2D eigenvalue weighted by Gasteiger charge is -2.04. The van der Waals surface area contributed by atoms with Crippen LogP contribution in [0.4, 0.5) is 0 Å². The van der Waals surface area contributed by atoms with Crippen LogP contribution in [0.3, 0.4) is 0 Å². The highest BCUT2D eigenvalue weighted by Crippen LogP contribution is 2.17. The Bertz CT molecular complexity index is 452. The molecular weight excluding hydrogens is 186 g/mol. The molecule has 0 saturated heterocycles. The predicted octanol–water partition coefficient (Wildman–Crippen LogP) is 1.91. The van der Waals surface area contributed by atoms with E-state index >= 15 is 0 Å². The smallest absolute Gasteiger partial charge is 0.0723 e. The Hall–Kier alpha value is -1.74. The fourth-order valence-corrected chi connectivity index (χ4v) is 1.52. The topological polar surface area (TPSA) is 51.8 Å². The third-order valence-corrected chi connectivity index (χ3v) is 2.21. The highest BCUT2D eigenvalue weighted by Gasteiger charge is 2.01. The summed E-state index contributed by atoms with van der Waals surface area (Å²) in [5, 5.41) is 0. The van der Waals surface area contributed by atoms with Crippen molar-refractivity contribution in [2.24, 2.45) is 5.73 Å². The Labute approximate surface area is 89.0 Å². The monoisotopic (exact) mass is 199 g/mol. The van der Waals surface area contributed by atoms with Crippen LogP contribution in [0.1, 0.15) is 11.3 Å². The molecule has 0 saturated carbocycles. The minimum atomic E-state index is 0.538. The second-order valence-corrected chi connectivity index (χ2v) is 3.45. The molecule has 0 atom stereocenters. The highest BCUT2D eigenvalue weighted by molar-refractivity contribution is 5.58. The highest BCUT2D eigenvalue weighted by atomic mass is 14.7. The summed E-state index contributed by atoms with van der Waals surface area (Å²) in [5.41, 5.74) is 9.66. The Morgan fingerprint density at radius 1 is 1.33 bits per heavy atom. The first-order valence-electron chi connectivity index (χ1n) is 4.87. The summed E-state index contributed by atoms with van der Waals surface area (Å²) in [4.78, 5) is 8.53. The summed E-state index contributed by atoms with van der Waals surface area (Å²) in [6.07, 6.45) is 3.56. The van der Waals surface area contributed by atoms with Gasteiger partial charge >= 0.3 is 0 Å². The van der Waals surface area contributed by atoms with Crippen LogP contribution in [0.25, 0.3) is 11.3 Å². The molecule has 2 N–H and O–H groups in total. The Balaban J connectivity index is 2.49. The van der Waals surface area contributed by atoms with Gasteiger partial charge in [0.2, 0.25) is 0 Å². The molecule has 2 aromatic heterocycles. The number of pyridine rings is 2. The lowest BCUT2D eigenvalue weighted by atomic mass is 10.1. The number of nitrogens with two attached hydrogens (primary N) is 1. The molecule has 0 amide bonds. The molecule has 0 unspecified atom stereocenters. The molecule has 2 heterocycles. The first kappa shape index (κ1) is 9.80. The quantitative estimate of drug-likeness (QED) is 0.803. The van der Waals surface area contributed by atoms with E-state index in [9.17, 15) is 0 Å². The molecular formula is C12H13N3. The molecule has 0 spiro atoms. The maximum Gasteiger partial charge on any atom is 0.0723 e. The van der Waals surface area contributed by atoms with Crippen molar-refractivity contribution < 1.29 is 0 Å². The van der Waals surface area contributed by atoms with Crippen LogP contribution in [0.15, 0.2) is 36.7 Å². The number of hydrogen-bond acceptors (Lipinski definition) is 3. The van der Waals surface area contributed by atoms with Crippen molar-refractivity contribution in [1.82, 2.24) is 9.97 Å². The van der Waals surface area contributed by atoms with E-state index in [1.54, 1.807) is 6.20 Å². The predicted molar refractivity (Wildman–Crippen MR) is 60.1 cm³/mol. The Morgan fingerprint density at radius 3 is 2.87 bits per heavy atom. The molecule has 0 radical (unpaired) electrons. The minimum Gasteiger partial charge on any atom is -0.326 e. The maximum absolute atomic E-state index is 5.62. The number of aryl methyl sites for hydroxylation is 1. The van der Waals surface area contributed by atoms with Gasteiger partial charge in [0.05, 0.1) is 5.69 Å². The SMILES string of the molecule is Cc1cc(CN)cc(-c2cccnc2)n1. The summed E-state index contributed by atoms with van der Waals surface area (Å²) < 4.78 is 0. The van der Waals surface area contributed by atoms with Crippen molar-refractivity contribution in [3.05, 3.63) is 47.9 Å². The van der Waals surface area contributed by atoms with E-state index < -0.39 is 0 Å². The van der Waals surface area contributed by atoms with E-state index in [2.05, 4.69) is 9.97 Å². The standard InChI is InChI=1S/C12H13N3/c1-9-5-10(7-13)6-12(15-9)11-3-2-4-14-8-11/h2-6,8H,7,13H2,1H3. The lowest BCUT2D eigenvalue weighted by molar-refractivity contribution is 1.04. The van der Waals surface area contributed by atoms with E-state index in [1.807, 2.05) is 37.4 Å². The maximum atomic E-state index is 5.62. The first-order valence-corrected chi connectivity index (χ1v) is 4.87. The normalized spacial score (nSPS) is 10.3. The van der Waals surface area contributed by atoms with Gasteiger partial charge in [-0.1, -0.05) is 0 Å².